The van der Waals surface area contributed by atoms with E-state index >= 15 is 0 Å². The Bertz CT molecular complexity index is 1700. The predicted molar refractivity (Wildman–Crippen MR) is 204 cm³/mol. The first kappa shape index (κ1) is 40.0. The van der Waals surface area contributed by atoms with Crippen LogP contribution in [0.4, 0.5) is 10.5 Å². The zero-order valence-corrected chi connectivity index (χ0v) is 31.9. The summed E-state index contributed by atoms with van der Waals surface area (Å²) in [5, 5.41) is 14.9. The van der Waals surface area contributed by atoms with Crippen LogP contribution in [0.2, 0.25) is 0 Å². The third kappa shape index (κ3) is 11.4. The van der Waals surface area contributed by atoms with Crippen molar-refractivity contribution in [2.24, 2.45) is 5.92 Å². The molecule has 0 saturated carbocycles. The largest absolute Gasteiger partial charge is 0.449 e. The molecule has 0 radical (unpaired) electrons. The summed E-state index contributed by atoms with van der Waals surface area (Å²) in [7, 11) is 0. The number of rotatable bonds is 16. The van der Waals surface area contributed by atoms with Gasteiger partial charge in [-0.2, -0.15) is 0 Å². The highest BCUT2D eigenvalue weighted by molar-refractivity contribution is 9.10. The molecule has 5 N–H and O–H groups in total. The van der Waals surface area contributed by atoms with Crippen molar-refractivity contribution in [3.8, 4) is 0 Å². The number of nitrogens with zero attached hydrogens (tertiary/aromatic N) is 1. The van der Waals surface area contributed by atoms with Gasteiger partial charge in [0.25, 0.3) is 11.8 Å². The van der Waals surface area contributed by atoms with Gasteiger partial charge in [-0.3, -0.25) is 24.1 Å². The molecule has 13 heteroatoms. The molecule has 278 valence electrons. The molecular weight excluding hydrogens is 728 g/mol. The number of carbonyl (C=O) groups is 5. The Morgan fingerprint density at radius 2 is 1.50 bits per heavy atom. The van der Waals surface area contributed by atoms with E-state index in [0.717, 1.165) is 15.6 Å². The molecule has 1 aliphatic heterocycles. The average molecular weight is 778 g/mol. The zero-order valence-electron chi connectivity index (χ0n) is 30.3. The van der Waals surface area contributed by atoms with Gasteiger partial charge in [0.15, 0.2) is 0 Å². The van der Waals surface area contributed by atoms with E-state index in [2.05, 4.69) is 42.5 Å². The molecule has 5 amide bonds. The van der Waals surface area contributed by atoms with Crippen LogP contribution in [0.1, 0.15) is 78.9 Å². The predicted octanol–water partition coefficient (Wildman–Crippen LogP) is 4.88. The summed E-state index contributed by atoms with van der Waals surface area (Å²) in [5.41, 5.74) is 2.62. The molecule has 1 aliphatic rings. The molecule has 3 aromatic rings. The van der Waals surface area contributed by atoms with Gasteiger partial charge in [-0.25, -0.2) is 4.79 Å². The summed E-state index contributed by atoms with van der Waals surface area (Å²) in [6, 6.07) is 19.7. The van der Waals surface area contributed by atoms with E-state index in [1.165, 1.54) is 11.0 Å². The lowest BCUT2D eigenvalue weighted by Crippen LogP contribution is -2.55. The number of halogens is 1. The molecule has 1 saturated heterocycles. The maximum Gasteiger partial charge on any atom is 0.414 e. The van der Waals surface area contributed by atoms with Gasteiger partial charge in [0.1, 0.15) is 6.04 Å². The molecule has 3 aromatic carbocycles. The maximum absolute atomic E-state index is 14.0. The summed E-state index contributed by atoms with van der Waals surface area (Å²) in [4.78, 5) is 67.5. The smallest absolute Gasteiger partial charge is 0.414 e. The Labute approximate surface area is 314 Å². The number of hydrogen-bond donors (Lipinski definition) is 5. The van der Waals surface area contributed by atoms with Crippen LogP contribution in [-0.2, 0) is 20.7 Å². The van der Waals surface area contributed by atoms with Crippen molar-refractivity contribution in [2.75, 3.05) is 31.1 Å². The van der Waals surface area contributed by atoms with Gasteiger partial charge < -0.3 is 31.3 Å². The van der Waals surface area contributed by atoms with Crippen molar-refractivity contribution in [2.45, 2.75) is 71.6 Å². The van der Waals surface area contributed by atoms with Crippen molar-refractivity contribution < 1.29 is 28.7 Å². The van der Waals surface area contributed by atoms with Crippen LogP contribution >= 0.6 is 15.9 Å². The van der Waals surface area contributed by atoms with Crippen LogP contribution in [0.3, 0.4) is 0 Å². The zero-order chi connectivity index (χ0) is 37.8. The second kappa shape index (κ2) is 19.2. The lowest BCUT2D eigenvalue weighted by Gasteiger charge is -2.27. The van der Waals surface area contributed by atoms with Gasteiger partial charge in [0, 0.05) is 47.0 Å². The van der Waals surface area contributed by atoms with E-state index in [1.807, 2.05) is 82.3 Å². The van der Waals surface area contributed by atoms with Gasteiger partial charge in [-0.15, -0.1) is 0 Å². The number of hydrogen-bond acceptors (Lipinski definition) is 7. The first-order chi connectivity index (χ1) is 24.9. The summed E-state index contributed by atoms with van der Waals surface area (Å²) < 4.78 is 6.18. The lowest BCUT2D eigenvalue weighted by atomic mass is 10.0. The highest BCUT2D eigenvalue weighted by Crippen LogP contribution is 2.24. The summed E-state index contributed by atoms with van der Waals surface area (Å²) in [6.07, 6.45) is 0.489. The van der Waals surface area contributed by atoms with E-state index in [4.69, 9.17) is 4.74 Å². The molecule has 52 heavy (non-hydrogen) atoms. The fraction of sp³-hybridized carbons (Fsp3) is 0.410. The van der Waals surface area contributed by atoms with Gasteiger partial charge >= 0.3 is 6.09 Å². The van der Waals surface area contributed by atoms with E-state index < -0.39 is 36.0 Å². The minimum absolute atomic E-state index is 0.119. The Morgan fingerprint density at radius 1 is 0.846 bits per heavy atom. The average Bonchev–Trinajstić information content (AvgIpc) is 3.13. The highest BCUT2D eigenvalue weighted by Gasteiger charge is 2.28. The van der Waals surface area contributed by atoms with Gasteiger partial charge in [-0.1, -0.05) is 72.2 Å². The quantitative estimate of drug-likeness (QED) is 0.139. The second-order valence-corrected chi connectivity index (χ2v) is 14.2. The number of ether oxygens (including phenoxy) is 1. The number of benzene rings is 3. The summed E-state index contributed by atoms with van der Waals surface area (Å²) in [6.45, 7) is 10.5. The fourth-order valence-corrected chi connectivity index (χ4v) is 6.04. The van der Waals surface area contributed by atoms with E-state index in [0.29, 0.717) is 38.2 Å². The molecule has 0 aromatic heterocycles. The molecule has 1 heterocycles. The number of likely N-dealkylation sites (N-methyl/N-ethyl adjacent to an activating group) is 1. The minimum atomic E-state index is -0.690. The van der Waals surface area contributed by atoms with Crippen molar-refractivity contribution in [1.82, 2.24) is 26.6 Å². The number of amides is 5. The number of carbonyl (C=O) groups excluding carboxylic acids is 5. The second-order valence-electron chi connectivity index (χ2n) is 13.2. The molecule has 4 atom stereocenters. The first-order valence-corrected chi connectivity index (χ1v) is 18.5. The van der Waals surface area contributed by atoms with E-state index in [-0.39, 0.29) is 41.4 Å². The Balaban J connectivity index is 1.56. The van der Waals surface area contributed by atoms with Crippen LogP contribution in [0, 0.1) is 5.92 Å². The van der Waals surface area contributed by atoms with Crippen molar-refractivity contribution in [3.63, 3.8) is 0 Å². The Hall–Kier alpha value is -4.75. The van der Waals surface area contributed by atoms with Crippen molar-refractivity contribution in [1.29, 1.82) is 0 Å². The topological polar surface area (TPSA) is 158 Å². The molecule has 12 nitrogen and oxygen atoms in total. The van der Waals surface area contributed by atoms with Gasteiger partial charge in [0.05, 0.1) is 18.7 Å². The molecule has 0 aliphatic carbocycles. The van der Waals surface area contributed by atoms with Crippen LogP contribution in [-0.4, -0.2) is 74.1 Å². The number of nitrogens with one attached hydrogen (secondary N) is 5. The molecule has 0 unspecified atom stereocenters. The van der Waals surface area contributed by atoms with Crippen LogP contribution < -0.4 is 31.5 Å². The molecular formula is C39H49BrN6O6. The monoisotopic (exact) mass is 776 g/mol. The Morgan fingerprint density at radius 3 is 2.12 bits per heavy atom. The Kier molecular flexibility index (Phi) is 14.8. The summed E-state index contributed by atoms with van der Waals surface area (Å²) in [5.74, 6) is -1.58. The normalized spacial score (nSPS) is 15.1. The molecule has 0 bridgehead atoms. The maximum atomic E-state index is 14.0. The van der Waals surface area contributed by atoms with Crippen LogP contribution in [0.5, 0.6) is 0 Å². The molecule has 1 fully saturated rings. The fourth-order valence-electron chi connectivity index (χ4n) is 5.78. The lowest BCUT2D eigenvalue weighted by molar-refractivity contribution is -0.130. The highest BCUT2D eigenvalue weighted by atomic mass is 79.9. The van der Waals surface area contributed by atoms with Gasteiger partial charge in [0.2, 0.25) is 11.8 Å². The number of anilines is 1. The summed E-state index contributed by atoms with van der Waals surface area (Å²) >= 11 is 3.43. The molecule has 4 rings (SSSR count). The number of cyclic esters (lactones) is 1. The van der Waals surface area contributed by atoms with Crippen molar-refractivity contribution in [3.05, 3.63) is 99.5 Å². The van der Waals surface area contributed by atoms with Crippen LogP contribution in [0.15, 0.2) is 77.3 Å². The first-order valence-electron chi connectivity index (χ1n) is 17.7. The third-order valence-corrected chi connectivity index (χ3v) is 9.29. The SMILES string of the molecule is CCNC(=O)[C@@H](NC(=O)[C@H](C)NC[C@H](Cc1ccccc1)NC(=O)c1cc(C(=O)N[C@H](C)c2ccc(Br)cc2)cc(N2CCCOC2=O)c1)C(C)C. The molecule has 0 spiro atoms. The van der Waals surface area contributed by atoms with Crippen LogP contribution in [0.25, 0.3) is 0 Å². The minimum Gasteiger partial charge on any atom is -0.449 e. The van der Waals surface area contributed by atoms with E-state index in [9.17, 15) is 24.0 Å². The third-order valence-electron chi connectivity index (χ3n) is 8.77. The van der Waals surface area contributed by atoms with Crippen molar-refractivity contribution >= 4 is 51.3 Å². The van der Waals surface area contributed by atoms with E-state index in [1.54, 1.807) is 19.1 Å². The van der Waals surface area contributed by atoms with Gasteiger partial charge in [-0.05, 0) is 81.0 Å². The standard InChI is InChI=1S/C39H49BrN6O6/c1-6-41-38(50)34(24(2)3)45-35(47)26(5)42-23-32(19-27-11-8-7-9-12-27)44-37(49)30-20-29(21-33(22-30)46-17-10-18-52-39(46)51)36(48)43-25(4)28-13-15-31(40)16-14-28/h7-9,11-16,20-22,24-26,32,34,42H,6,10,17-19,23H2,1-5H3,(H,41,50)(H,43,48)(H,44,49)(H,45,47)/t25-,26+,32+,34+/m1/s1.